The minimum atomic E-state index is -0.342. The van der Waals surface area contributed by atoms with Gasteiger partial charge in [0.1, 0.15) is 28.5 Å². The van der Waals surface area contributed by atoms with Crippen LogP contribution in [0.25, 0.3) is 10.2 Å². The Bertz CT molecular complexity index is 1190. The van der Waals surface area contributed by atoms with Crippen LogP contribution in [0.5, 0.6) is 0 Å². The van der Waals surface area contributed by atoms with Crippen molar-refractivity contribution in [3.63, 3.8) is 0 Å². The van der Waals surface area contributed by atoms with Gasteiger partial charge in [0, 0.05) is 9.26 Å². The zero-order valence-corrected chi connectivity index (χ0v) is 18.9. The second-order valence-electron chi connectivity index (χ2n) is 6.60. The Morgan fingerprint density at radius 2 is 1.93 bits per heavy atom. The van der Waals surface area contributed by atoms with Gasteiger partial charge in [-0.1, -0.05) is 30.3 Å². The van der Waals surface area contributed by atoms with Crippen molar-refractivity contribution in [2.75, 3.05) is 5.32 Å². The molecule has 2 heterocycles. The molecule has 1 N–H and O–H groups in total. The third kappa shape index (κ3) is 4.25. The van der Waals surface area contributed by atoms with E-state index >= 15 is 0 Å². The van der Waals surface area contributed by atoms with Gasteiger partial charge in [-0.05, 0) is 71.3 Å². The molecule has 0 aliphatic carbocycles. The summed E-state index contributed by atoms with van der Waals surface area (Å²) >= 11 is 3.62. The number of esters is 1. The van der Waals surface area contributed by atoms with E-state index in [1.165, 1.54) is 21.2 Å². The summed E-state index contributed by atoms with van der Waals surface area (Å²) in [5.41, 5.74) is 3.88. The van der Waals surface area contributed by atoms with E-state index in [0.29, 0.717) is 10.7 Å². The Hall–Kier alpha value is -2.52. The monoisotopic (exact) mass is 515 g/mol. The number of aromatic nitrogens is 2. The normalized spacial score (nSPS) is 10.9. The molecule has 0 atom stereocenters. The van der Waals surface area contributed by atoms with Crippen LogP contribution < -0.4 is 5.32 Å². The van der Waals surface area contributed by atoms with Crippen LogP contribution in [-0.2, 0) is 11.3 Å². The number of nitrogens with one attached hydrogen (secondary N) is 1. The first-order valence-corrected chi connectivity index (χ1v) is 10.9. The van der Waals surface area contributed by atoms with Crippen molar-refractivity contribution < 1.29 is 9.53 Å². The lowest BCUT2D eigenvalue weighted by Gasteiger charge is -2.10. The van der Waals surface area contributed by atoms with Crippen LogP contribution in [-0.4, -0.2) is 15.9 Å². The van der Waals surface area contributed by atoms with E-state index in [9.17, 15) is 4.79 Å². The number of rotatable bonds is 5. The van der Waals surface area contributed by atoms with E-state index in [4.69, 9.17) is 4.74 Å². The quantitative estimate of drug-likeness (QED) is 0.261. The molecule has 29 heavy (non-hydrogen) atoms. The van der Waals surface area contributed by atoms with E-state index in [2.05, 4.69) is 50.9 Å². The number of hydrogen-bond donors (Lipinski definition) is 1. The molecule has 5 nitrogen and oxygen atoms in total. The van der Waals surface area contributed by atoms with Crippen molar-refractivity contribution in [2.24, 2.45) is 0 Å². The average molecular weight is 515 g/mol. The lowest BCUT2D eigenvalue weighted by atomic mass is 10.1. The number of aryl methyl sites for hydroxylation is 2. The maximum atomic E-state index is 12.7. The fourth-order valence-electron chi connectivity index (χ4n) is 3.04. The number of nitrogens with zero attached hydrogens (tertiary/aromatic N) is 2. The average Bonchev–Trinajstić information content (AvgIpc) is 3.07. The van der Waals surface area contributed by atoms with Gasteiger partial charge >= 0.3 is 5.97 Å². The number of benzene rings is 2. The molecule has 0 bridgehead atoms. The molecule has 2 aromatic heterocycles. The first-order chi connectivity index (χ1) is 14.0. The van der Waals surface area contributed by atoms with Gasteiger partial charge in [0.25, 0.3) is 0 Å². The molecule has 0 aliphatic heterocycles. The number of carbonyl (C=O) groups is 1. The number of ether oxygens (including phenoxy) is 1. The van der Waals surface area contributed by atoms with Crippen molar-refractivity contribution in [1.29, 1.82) is 0 Å². The molecular weight excluding hydrogens is 497 g/mol. The zero-order chi connectivity index (χ0) is 20.4. The van der Waals surface area contributed by atoms with Crippen molar-refractivity contribution in [3.05, 3.63) is 80.0 Å². The topological polar surface area (TPSA) is 64.1 Å². The number of thiophene rings is 1. The highest BCUT2D eigenvalue weighted by atomic mass is 127. The molecular formula is C22H18IN3O2S. The van der Waals surface area contributed by atoms with Gasteiger partial charge in [-0.25, -0.2) is 14.8 Å². The molecule has 0 spiro atoms. The Kier molecular flexibility index (Phi) is 5.77. The van der Waals surface area contributed by atoms with Crippen molar-refractivity contribution in [1.82, 2.24) is 9.97 Å². The molecule has 0 aliphatic rings. The zero-order valence-electron chi connectivity index (χ0n) is 15.9. The van der Waals surface area contributed by atoms with E-state index < -0.39 is 0 Å². The number of anilines is 2. The van der Waals surface area contributed by atoms with Crippen molar-refractivity contribution in [2.45, 2.75) is 20.5 Å². The fraction of sp³-hybridized carbons (Fsp3) is 0.136. The summed E-state index contributed by atoms with van der Waals surface area (Å²) in [4.78, 5) is 22.8. The van der Waals surface area contributed by atoms with E-state index in [1.807, 2.05) is 49.4 Å². The summed E-state index contributed by atoms with van der Waals surface area (Å²) in [6, 6.07) is 15.8. The molecule has 0 amide bonds. The third-order valence-corrected chi connectivity index (χ3v) is 6.42. The molecule has 0 saturated carbocycles. The van der Waals surface area contributed by atoms with Crippen molar-refractivity contribution in [3.8, 4) is 0 Å². The van der Waals surface area contributed by atoms with Gasteiger partial charge in [0.15, 0.2) is 0 Å². The summed E-state index contributed by atoms with van der Waals surface area (Å²) < 4.78 is 6.69. The lowest BCUT2D eigenvalue weighted by Crippen LogP contribution is -2.04. The third-order valence-electron chi connectivity index (χ3n) is 4.57. The largest absolute Gasteiger partial charge is 0.457 e. The van der Waals surface area contributed by atoms with E-state index in [1.54, 1.807) is 0 Å². The van der Waals surface area contributed by atoms with Gasteiger partial charge in [0.05, 0.1) is 5.39 Å². The molecule has 0 saturated heterocycles. The Morgan fingerprint density at radius 1 is 1.14 bits per heavy atom. The molecule has 0 radical (unpaired) electrons. The fourth-order valence-corrected chi connectivity index (χ4v) is 4.73. The Morgan fingerprint density at radius 3 is 2.69 bits per heavy atom. The van der Waals surface area contributed by atoms with Gasteiger partial charge < -0.3 is 10.1 Å². The maximum absolute atomic E-state index is 12.7. The lowest BCUT2D eigenvalue weighted by molar-refractivity contribution is 0.0478. The summed E-state index contributed by atoms with van der Waals surface area (Å²) in [5, 5.41) is 4.24. The highest BCUT2D eigenvalue weighted by molar-refractivity contribution is 14.1. The van der Waals surface area contributed by atoms with Gasteiger partial charge in [-0.3, -0.25) is 0 Å². The molecule has 146 valence electrons. The van der Waals surface area contributed by atoms with Gasteiger partial charge in [0.2, 0.25) is 0 Å². The molecule has 0 fully saturated rings. The van der Waals surface area contributed by atoms with Crippen LogP contribution in [0.4, 0.5) is 11.5 Å². The van der Waals surface area contributed by atoms with Crippen molar-refractivity contribution >= 4 is 61.6 Å². The molecule has 4 rings (SSSR count). The van der Waals surface area contributed by atoms with Crippen LogP contribution in [0.15, 0.2) is 54.9 Å². The predicted molar refractivity (Wildman–Crippen MR) is 125 cm³/mol. The molecule has 0 unspecified atom stereocenters. The van der Waals surface area contributed by atoms with Crippen LogP contribution in [0.1, 0.15) is 26.4 Å². The number of fused-ring (bicyclic) bond motifs is 1. The molecule has 7 heteroatoms. The van der Waals surface area contributed by atoms with Crippen LogP contribution in [0.3, 0.4) is 0 Å². The SMILES string of the molecule is Cc1cc(I)ccc1Nc1ncnc2sc(C(=O)OCc3ccccc3)c(C)c12. The number of carbonyl (C=O) groups excluding carboxylic acids is 1. The second-order valence-corrected chi connectivity index (χ2v) is 8.85. The Balaban J connectivity index is 1.63. The maximum Gasteiger partial charge on any atom is 0.349 e. The summed E-state index contributed by atoms with van der Waals surface area (Å²) in [6.45, 7) is 4.20. The van der Waals surface area contributed by atoms with Crippen LogP contribution in [0.2, 0.25) is 0 Å². The molecule has 4 aromatic rings. The van der Waals surface area contributed by atoms with Crippen LogP contribution >= 0.6 is 33.9 Å². The summed E-state index contributed by atoms with van der Waals surface area (Å²) in [5.74, 6) is 0.348. The number of hydrogen-bond acceptors (Lipinski definition) is 6. The summed E-state index contributed by atoms with van der Waals surface area (Å²) in [7, 11) is 0. The minimum absolute atomic E-state index is 0.242. The van der Waals surface area contributed by atoms with E-state index in [-0.39, 0.29) is 12.6 Å². The second kappa shape index (κ2) is 8.46. The highest BCUT2D eigenvalue weighted by Crippen LogP contribution is 2.35. The van der Waals surface area contributed by atoms with Crippen LogP contribution in [0, 0.1) is 17.4 Å². The Labute approximate surface area is 186 Å². The molecule has 2 aromatic carbocycles. The van der Waals surface area contributed by atoms with E-state index in [0.717, 1.165) is 32.6 Å². The smallest absolute Gasteiger partial charge is 0.349 e. The van der Waals surface area contributed by atoms with Gasteiger partial charge in [-0.15, -0.1) is 11.3 Å². The standard InChI is InChI=1S/C22H18IN3O2S/c1-13-10-16(23)8-9-17(13)26-20-18-14(2)19(29-21(18)25-12-24-20)22(27)28-11-15-6-4-3-5-7-15/h3-10,12H,11H2,1-2H3,(H,24,25,26). The summed E-state index contributed by atoms with van der Waals surface area (Å²) in [6.07, 6.45) is 1.52. The minimum Gasteiger partial charge on any atom is -0.457 e. The predicted octanol–water partition coefficient (Wildman–Crippen LogP) is 6.01. The van der Waals surface area contributed by atoms with Gasteiger partial charge in [-0.2, -0.15) is 0 Å². The first-order valence-electron chi connectivity index (χ1n) is 9.01. The first kappa shape index (κ1) is 19.8. The number of halogens is 1. The highest BCUT2D eigenvalue weighted by Gasteiger charge is 2.21.